The maximum Gasteiger partial charge on any atom is 0.167 e. The van der Waals surface area contributed by atoms with Gasteiger partial charge in [-0.25, -0.2) is 0 Å². The summed E-state index contributed by atoms with van der Waals surface area (Å²) in [5, 5.41) is 6.83. The van der Waals surface area contributed by atoms with Gasteiger partial charge in [0, 0.05) is 18.4 Å². The minimum absolute atomic E-state index is 0.0117. The van der Waals surface area contributed by atoms with Crippen molar-refractivity contribution >= 4 is 39.1 Å². The molecule has 4 rings (SSSR count). The summed E-state index contributed by atoms with van der Waals surface area (Å²) >= 11 is 0. The van der Waals surface area contributed by atoms with Gasteiger partial charge in [-0.3, -0.25) is 14.4 Å². The Morgan fingerprint density at radius 3 is 2.69 bits per heavy atom. The van der Waals surface area contributed by atoms with E-state index in [1.807, 2.05) is 30.3 Å². The van der Waals surface area contributed by atoms with E-state index in [0.29, 0.717) is 36.1 Å². The summed E-state index contributed by atoms with van der Waals surface area (Å²) in [6.45, 7) is 6.39. The smallest absolute Gasteiger partial charge is 0.167 e. The van der Waals surface area contributed by atoms with Gasteiger partial charge in [0.2, 0.25) is 0 Å². The lowest BCUT2D eigenvalue weighted by Crippen LogP contribution is -2.23. The first kappa shape index (κ1) is 19.5. The molecule has 0 unspecified atom stereocenters. The number of Topliss-reactive ketones (excluding diaryl/α,β-unsaturated/α-hetero) is 3. The van der Waals surface area contributed by atoms with Crippen LogP contribution in [0, 0.1) is 5.41 Å². The summed E-state index contributed by atoms with van der Waals surface area (Å²) in [6.07, 6.45) is 2.18. The second kappa shape index (κ2) is 7.21. The first-order valence-electron chi connectivity index (χ1n) is 10.1. The lowest BCUT2D eigenvalue weighted by atomic mass is 9.83. The van der Waals surface area contributed by atoms with Crippen LogP contribution in [0.2, 0.25) is 0 Å². The molecule has 3 aromatic rings. The number of hydrogen-bond acceptors (Lipinski definition) is 5. The minimum atomic E-state index is -0.410. The van der Waals surface area contributed by atoms with Crippen LogP contribution in [-0.4, -0.2) is 22.5 Å². The molecule has 1 aliphatic carbocycles. The molecule has 0 aliphatic heterocycles. The number of benzene rings is 2. The number of aromatic nitrogens is 1. The SMILES string of the molecule is CC(C)(C)CCC(=O)c1ccc2c(ccc3onc([C@H]4CCC(=O)CC4=O)c32)c1. The van der Waals surface area contributed by atoms with E-state index in [-0.39, 0.29) is 29.2 Å². The van der Waals surface area contributed by atoms with Crippen LogP contribution in [-0.2, 0) is 9.59 Å². The first-order valence-corrected chi connectivity index (χ1v) is 10.1. The molecule has 0 amide bonds. The number of hydrogen-bond donors (Lipinski definition) is 0. The van der Waals surface area contributed by atoms with Crippen LogP contribution in [0.25, 0.3) is 21.7 Å². The van der Waals surface area contributed by atoms with Crippen molar-refractivity contribution < 1.29 is 18.9 Å². The van der Waals surface area contributed by atoms with Gasteiger partial charge in [-0.15, -0.1) is 0 Å². The van der Waals surface area contributed by atoms with E-state index in [2.05, 4.69) is 25.9 Å². The van der Waals surface area contributed by atoms with Crippen LogP contribution in [0.1, 0.15) is 74.8 Å². The van der Waals surface area contributed by atoms with Crippen molar-refractivity contribution in [2.24, 2.45) is 5.41 Å². The van der Waals surface area contributed by atoms with Crippen LogP contribution in [0.4, 0.5) is 0 Å². The average Bonchev–Trinajstić information content (AvgIpc) is 3.09. The molecule has 0 radical (unpaired) electrons. The van der Waals surface area contributed by atoms with Gasteiger partial charge in [0.15, 0.2) is 11.4 Å². The number of carbonyl (C=O) groups excluding carboxylic acids is 3. The van der Waals surface area contributed by atoms with Crippen molar-refractivity contribution in [3.8, 4) is 0 Å². The number of carbonyl (C=O) groups is 3. The fraction of sp³-hybridized carbons (Fsp3) is 0.417. The summed E-state index contributed by atoms with van der Waals surface area (Å²) in [7, 11) is 0. The molecule has 1 atom stereocenters. The third-order valence-electron chi connectivity index (χ3n) is 5.71. The molecule has 1 aromatic heterocycles. The van der Waals surface area contributed by atoms with Crippen molar-refractivity contribution in [2.45, 2.75) is 58.8 Å². The Kier molecular flexibility index (Phi) is 4.85. The second-order valence-corrected chi connectivity index (χ2v) is 9.20. The molecule has 0 bridgehead atoms. The highest BCUT2D eigenvalue weighted by Crippen LogP contribution is 2.37. The summed E-state index contributed by atoms with van der Waals surface area (Å²) in [4.78, 5) is 36.6. The van der Waals surface area contributed by atoms with Crippen molar-refractivity contribution in [1.82, 2.24) is 5.16 Å². The van der Waals surface area contributed by atoms with E-state index in [9.17, 15) is 14.4 Å². The van der Waals surface area contributed by atoms with Crippen LogP contribution < -0.4 is 0 Å². The molecular weight excluding hydrogens is 366 g/mol. The molecule has 0 saturated heterocycles. The Morgan fingerprint density at radius 2 is 1.97 bits per heavy atom. The molecule has 150 valence electrons. The van der Waals surface area contributed by atoms with Crippen LogP contribution in [0.15, 0.2) is 34.9 Å². The van der Waals surface area contributed by atoms with E-state index < -0.39 is 5.92 Å². The molecule has 5 heteroatoms. The van der Waals surface area contributed by atoms with E-state index in [1.54, 1.807) is 0 Å². The number of nitrogens with zero attached hydrogens (tertiary/aromatic N) is 1. The largest absolute Gasteiger partial charge is 0.356 e. The Bertz CT molecular complexity index is 1130. The fourth-order valence-corrected chi connectivity index (χ4v) is 4.00. The zero-order valence-electron chi connectivity index (χ0n) is 17.1. The highest BCUT2D eigenvalue weighted by molar-refractivity contribution is 6.12. The lowest BCUT2D eigenvalue weighted by molar-refractivity contribution is -0.130. The number of ketones is 3. The Hall–Kier alpha value is -2.82. The van der Waals surface area contributed by atoms with Gasteiger partial charge in [-0.2, -0.15) is 0 Å². The van der Waals surface area contributed by atoms with Gasteiger partial charge in [-0.05, 0) is 41.2 Å². The zero-order valence-corrected chi connectivity index (χ0v) is 17.1. The molecule has 1 fully saturated rings. The summed E-state index contributed by atoms with van der Waals surface area (Å²) in [6, 6.07) is 9.41. The number of rotatable bonds is 4. The van der Waals surface area contributed by atoms with Gasteiger partial charge in [-0.1, -0.05) is 44.1 Å². The highest BCUT2D eigenvalue weighted by atomic mass is 16.5. The Balaban J connectivity index is 1.72. The fourth-order valence-electron chi connectivity index (χ4n) is 4.00. The van der Waals surface area contributed by atoms with E-state index in [1.165, 1.54) is 0 Å². The topological polar surface area (TPSA) is 77.2 Å². The van der Waals surface area contributed by atoms with Gasteiger partial charge in [0.05, 0.1) is 17.7 Å². The third-order valence-corrected chi connectivity index (χ3v) is 5.71. The molecular formula is C24H25NO4. The normalized spacial score (nSPS) is 18.0. The van der Waals surface area contributed by atoms with Crippen molar-refractivity contribution in [1.29, 1.82) is 0 Å². The van der Waals surface area contributed by atoms with Gasteiger partial charge in [0.25, 0.3) is 0 Å². The van der Waals surface area contributed by atoms with E-state index >= 15 is 0 Å². The minimum Gasteiger partial charge on any atom is -0.356 e. The summed E-state index contributed by atoms with van der Waals surface area (Å²) in [5.41, 5.74) is 2.03. The molecule has 1 aliphatic rings. The quantitative estimate of drug-likeness (QED) is 0.440. The Morgan fingerprint density at radius 1 is 1.17 bits per heavy atom. The summed E-state index contributed by atoms with van der Waals surface area (Å²) < 4.78 is 5.49. The molecule has 2 aromatic carbocycles. The highest BCUT2D eigenvalue weighted by Gasteiger charge is 2.32. The predicted octanol–water partition coefficient (Wildman–Crippen LogP) is 5.40. The molecule has 29 heavy (non-hydrogen) atoms. The van der Waals surface area contributed by atoms with Crippen LogP contribution >= 0.6 is 0 Å². The molecule has 0 spiro atoms. The molecule has 1 saturated carbocycles. The third kappa shape index (κ3) is 3.86. The zero-order chi connectivity index (χ0) is 20.8. The van der Waals surface area contributed by atoms with E-state index in [0.717, 1.165) is 22.6 Å². The lowest BCUT2D eigenvalue weighted by Gasteiger charge is -2.18. The first-order chi connectivity index (χ1) is 13.7. The van der Waals surface area contributed by atoms with Crippen molar-refractivity contribution in [3.63, 3.8) is 0 Å². The van der Waals surface area contributed by atoms with E-state index in [4.69, 9.17) is 4.52 Å². The monoisotopic (exact) mass is 391 g/mol. The van der Waals surface area contributed by atoms with Crippen molar-refractivity contribution in [2.75, 3.05) is 0 Å². The van der Waals surface area contributed by atoms with Crippen molar-refractivity contribution in [3.05, 3.63) is 41.6 Å². The molecule has 0 N–H and O–H groups in total. The molecule has 1 heterocycles. The molecule has 5 nitrogen and oxygen atoms in total. The number of fused-ring (bicyclic) bond motifs is 3. The predicted molar refractivity (Wildman–Crippen MR) is 111 cm³/mol. The second-order valence-electron chi connectivity index (χ2n) is 9.20. The summed E-state index contributed by atoms with van der Waals surface area (Å²) in [5.74, 6) is -0.383. The van der Waals surface area contributed by atoms with Crippen LogP contribution in [0.3, 0.4) is 0 Å². The van der Waals surface area contributed by atoms with Gasteiger partial charge < -0.3 is 4.52 Å². The average molecular weight is 391 g/mol. The van der Waals surface area contributed by atoms with Gasteiger partial charge in [0.1, 0.15) is 17.3 Å². The van der Waals surface area contributed by atoms with Crippen LogP contribution in [0.5, 0.6) is 0 Å². The maximum atomic E-state index is 12.6. The van der Waals surface area contributed by atoms with Gasteiger partial charge >= 0.3 is 0 Å². The standard InChI is InChI=1S/C24H25NO4/c1-24(2,3)11-10-19(27)15-4-7-17-14(12-15)5-9-21-22(17)23(25-29-21)18-8-6-16(26)13-20(18)28/h4-5,7,9,12,18H,6,8,10-11,13H2,1-3H3/t18-/m0/s1. The maximum absolute atomic E-state index is 12.6. The Labute approximate surface area is 169 Å².